The molecule has 1 atom stereocenters. The fraction of sp³-hybridized carbons (Fsp3) is 0.368. The molecule has 3 rings (SSSR count). The van der Waals surface area contributed by atoms with E-state index in [1.54, 1.807) is 7.11 Å². The van der Waals surface area contributed by atoms with Gasteiger partial charge in [-0.2, -0.15) is 0 Å². The lowest BCUT2D eigenvalue weighted by Gasteiger charge is -2.25. The topological polar surface area (TPSA) is 29.5 Å². The third-order valence-electron chi connectivity index (χ3n) is 4.49. The van der Waals surface area contributed by atoms with E-state index in [4.69, 9.17) is 4.74 Å². The van der Waals surface area contributed by atoms with Gasteiger partial charge in [0, 0.05) is 6.42 Å². The summed E-state index contributed by atoms with van der Waals surface area (Å²) in [4.78, 5) is 0. The van der Waals surface area contributed by atoms with Crippen molar-refractivity contribution in [1.82, 2.24) is 0 Å². The number of methoxy groups -OCH3 is 1. The van der Waals surface area contributed by atoms with Crippen molar-refractivity contribution in [3.8, 4) is 5.75 Å². The first kappa shape index (κ1) is 14.2. The van der Waals surface area contributed by atoms with Gasteiger partial charge in [-0.1, -0.05) is 41.5 Å². The Hall–Kier alpha value is -1.80. The molecule has 0 bridgehead atoms. The first-order valence-corrected chi connectivity index (χ1v) is 7.48. The van der Waals surface area contributed by atoms with Gasteiger partial charge < -0.3 is 9.84 Å². The minimum atomic E-state index is -0.775. The van der Waals surface area contributed by atoms with Crippen molar-refractivity contribution in [1.29, 1.82) is 0 Å². The maximum Gasteiger partial charge on any atom is 0.122 e. The van der Waals surface area contributed by atoms with Crippen LogP contribution in [0.2, 0.25) is 0 Å². The average Bonchev–Trinajstić information content (AvgIpc) is 2.76. The number of benzene rings is 2. The molecule has 1 aliphatic rings. The van der Waals surface area contributed by atoms with Crippen molar-refractivity contribution in [2.75, 3.05) is 7.11 Å². The van der Waals surface area contributed by atoms with E-state index in [0.29, 0.717) is 6.42 Å². The number of hydrogen-bond acceptors (Lipinski definition) is 2. The van der Waals surface area contributed by atoms with Crippen molar-refractivity contribution in [3.63, 3.8) is 0 Å². The number of aliphatic hydroxyl groups is 1. The molecule has 2 aromatic carbocycles. The van der Waals surface area contributed by atoms with Crippen LogP contribution in [0, 0.1) is 13.8 Å². The molecule has 0 aromatic heterocycles. The normalized spacial score (nSPS) is 20.4. The Morgan fingerprint density at radius 3 is 2.57 bits per heavy atom. The zero-order valence-corrected chi connectivity index (χ0v) is 12.9. The van der Waals surface area contributed by atoms with Gasteiger partial charge in [-0.25, -0.2) is 0 Å². The molecular weight excluding hydrogens is 260 g/mol. The molecule has 0 radical (unpaired) electrons. The highest BCUT2D eigenvalue weighted by molar-refractivity contribution is 5.44. The van der Waals surface area contributed by atoms with E-state index in [1.807, 2.05) is 12.1 Å². The van der Waals surface area contributed by atoms with Gasteiger partial charge in [-0.15, -0.1) is 0 Å². The first-order chi connectivity index (χ1) is 10.0. The summed E-state index contributed by atoms with van der Waals surface area (Å²) >= 11 is 0. The molecule has 2 nitrogen and oxygen atoms in total. The Kier molecular flexibility index (Phi) is 3.50. The number of ether oxygens (including phenoxy) is 1. The number of aryl methyl sites for hydroxylation is 3. The number of rotatable bonds is 3. The van der Waals surface area contributed by atoms with Gasteiger partial charge in [0.15, 0.2) is 0 Å². The van der Waals surface area contributed by atoms with Crippen molar-refractivity contribution in [3.05, 3.63) is 64.2 Å². The fourth-order valence-corrected chi connectivity index (χ4v) is 3.36. The van der Waals surface area contributed by atoms with Crippen LogP contribution in [0.4, 0.5) is 0 Å². The third-order valence-corrected chi connectivity index (χ3v) is 4.49. The molecule has 1 N–H and O–H groups in total. The Balaban J connectivity index is 2.00. The van der Waals surface area contributed by atoms with Crippen LogP contribution in [0.5, 0.6) is 5.75 Å². The lowest BCUT2D eigenvalue weighted by molar-refractivity contribution is 0.0383. The predicted octanol–water partition coefficient (Wildman–Crippen LogP) is 3.69. The number of hydrogen-bond donors (Lipinski definition) is 1. The molecule has 0 saturated heterocycles. The van der Waals surface area contributed by atoms with Crippen LogP contribution in [-0.2, 0) is 18.4 Å². The second-order valence-corrected chi connectivity index (χ2v) is 6.18. The molecule has 0 spiro atoms. The third kappa shape index (κ3) is 2.56. The second kappa shape index (κ2) is 5.19. The molecule has 2 heteroatoms. The van der Waals surface area contributed by atoms with E-state index in [9.17, 15) is 5.11 Å². The summed E-state index contributed by atoms with van der Waals surface area (Å²) in [7, 11) is 1.69. The van der Waals surface area contributed by atoms with Gasteiger partial charge in [0.1, 0.15) is 5.75 Å². The van der Waals surface area contributed by atoms with Crippen molar-refractivity contribution >= 4 is 0 Å². The summed E-state index contributed by atoms with van der Waals surface area (Å²) in [5.74, 6) is 0.857. The van der Waals surface area contributed by atoms with E-state index in [0.717, 1.165) is 29.7 Å². The van der Waals surface area contributed by atoms with Crippen LogP contribution in [0.1, 0.15) is 34.2 Å². The lowest BCUT2D eigenvalue weighted by atomic mass is 9.87. The lowest BCUT2D eigenvalue weighted by Crippen LogP contribution is -2.25. The molecule has 21 heavy (non-hydrogen) atoms. The van der Waals surface area contributed by atoms with Crippen LogP contribution in [0.3, 0.4) is 0 Å². The highest BCUT2D eigenvalue weighted by Crippen LogP contribution is 2.41. The van der Waals surface area contributed by atoms with Crippen LogP contribution >= 0.6 is 0 Å². The van der Waals surface area contributed by atoms with E-state index in [1.165, 1.54) is 16.7 Å². The zero-order chi connectivity index (χ0) is 15.0. The van der Waals surface area contributed by atoms with Gasteiger partial charge in [0.05, 0.1) is 12.7 Å². The van der Waals surface area contributed by atoms with Gasteiger partial charge in [-0.3, -0.25) is 0 Å². The van der Waals surface area contributed by atoms with Crippen molar-refractivity contribution < 1.29 is 9.84 Å². The molecule has 0 heterocycles. The SMILES string of the molecule is COc1ccc(C)cc1CC1(O)CCc2ccc(C)cc21. The molecule has 0 amide bonds. The maximum absolute atomic E-state index is 11.2. The molecule has 0 saturated carbocycles. The summed E-state index contributed by atoms with van der Waals surface area (Å²) in [5, 5.41) is 11.2. The van der Waals surface area contributed by atoms with E-state index in [2.05, 4.69) is 38.1 Å². The molecule has 0 aliphatic heterocycles. The molecule has 2 aromatic rings. The highest BCUT2D eigenvalue weighted by Gasteiger charge is 2.37. The first-order valence-electron chi connectivity index (χ1n) is 7.48. The van der Waals surface area contributed by atoms with Crippen LogP contribution in [0.15, 0.2) is 36.4 Å². The summed E-state index contributed by atoms with van der Waals surface area (Å²) in [6.07, 6.45) is 2.33. The molecular formula is C19H22O2. The summed E-state index contributed by atoms with van der Waals surface area (Å²) < 4.78 is 5.46. The maximum atomic E-state index is 11.2. The summed E-state index contributed by atoms with van der Waals surface area (Å²) in [6, 6.07) is 12.5. The molecule has 110 valence electrons. The van der Waals surface area contributed by atoms with Gasteiger partial charge in [-0.05, 0) is 49.4 Å². The Labute approximate surface area is 126 Å². The Morgan fingerprint density at radius 2 is 1.81 bits per heavy atom. The minimum absolute atomic E-state index is 0.605. The van der Waals surface area contributed by atoms with Crippen molar-refractivity contribution in [2.24, 2.45) is 0 Å². The summed E-state index contributed by atoms with van der Waals surface area (Å²) in [5.41, 5.74) is 5.06. The standard InChI is InChI=1S/C19H22O2/c1-13-5-7-18(21-3)16(10-13)12-19(20)9-8-15-6-4-14(2)11-17(15)19/h4-7,10-11,20H,8-9,12H2,1-3H3. The van der Waals surface area contributed by atoms with Crippen LogP contribution < -0.4 is 4.74 Å². The van der Waals surface area contributed by atoms with E-state index in [-0.39, 0.29) is 0 Å². The van der Waals surface area contributed by atoms with Gasteiger partial charge in [0.2, 0.25) is 0 Å². The molecule has 0 fully saturated rings. The van der Waals surface area contributed by atoms with Crippen LogP contribution in [-0.4, -0.2) is 12.2 Å². The van der Waals surface area contributed by atoms with E-state index < -0.39 is 5.60 Å². The fourth-order valence-electron chi connectivity index (χ4n) is 3.36. The molecule has 1 unspecified atom stereocenters. The van der Waals surface area contributed by atoms with Crippen molar-refractivity contribution in [2.45, 2.75) is 38.7 Å². The Bertz CT molecular complexity index is 675. The largest absolute Gasteiger partial charge is 0.496 e. The smallest absolute Gasteiger partial charge is 0.122 e. The van der Waals surface area contributed by atoms with E-state index >= 15 is 0 Å². The van der Waals surface area contributed by atoms with Gasteiger partial charge in [0.25, 0.3) is 0 Å². The van der Waals surface area contributed by atoms with Crippen LogP contribution in [0.25, 0.3) is 0 Å². The zero-order valence-electron chi connectivity index (χ0n) is 12.9. The predicted molar refractivity (Wildman–Crippen MR) is 84.8 cm³/mol. The Morgan fingerprint density at radius 1 is 1.10 bits per heavy atom. The van der Waals surface area contributed by atoms with Gasteiger partial charge >= 0.3 is 0 Å². The highest BCUT2D eigenvalue weighted by atomic mass is 16.5. The monoisotopic (exact) mass is 282 g/mol. The molecule has 1 aliphatic carbocycles. The quantitative estimate of drug-likeness (QED) is 0.930. The second-order valence-electron chi connectivity index (χ2n) is 6.18. The number of fused-ring (bicyclic) bond motifs is 1. The summed E-state index contributed by atoms with van der Waals surface area (Å²) in [6.45, 7) is 4.14. The minimum Gasteiger partial charge on any atom is -0.496 e. The average molecular weight is 282 g/mol.